The average molecular weight is 359 g/mol. The molecule has 0 aliphatic rings. The minimum atomic E-state index is -0.150. The van der Waals surface area contributed by atoms with Crippen molar-refractivity contribution < 1.29 is 10.1 Å². The smallest absolute Gasteiger partial charge is 0.279 e. The molecule has 0 saturated heterocycles. The first-order chi connectivity index (χ1) is 10.5. The molecule has 6 heteroatoms. The van der Waals surface area contributed by atoms with Crippen LogP contribution in [0.2, 0.25) is 15.1 Å². The number of quaternary nitrogens is 1. The maximum absolute atomic E-state index is 12.0. The van der Waals surface area contributed by atoms with Crippen molar-refractivity contribution in [2.45, 2.75) is 13.0 Å². The van der Waals surface area contributed by atoms with Crippen molar-refractivity contribution in [3.63, 3.8) is 0 Å². The van der Waals surface area contributed by atoms with E-state index in [1.807, 2.05) is 35.6 Å². The van der Waals surface area contributed by atoms with E-state index in [0.717, 1.165) is 0 Å². The van der Waals surface area contributed by atoms with Crippen molar-refractivity contribution in [2.75, 3.05) is 11.9 Å². The highest BCUT2D eigenvalue weighted by Crippen LogP contribution is 2.32. The Morgan fingerprint density at radius 1 is 1.09 bits per heavy atom. The molecule has 0 radical (unpaired) electrons. The lowest BCUT2D eigenvalue weighted by Gasteiger charge is -2.12. The van der Waals surface area contributed by atoms with Gasteiger partial charge in [0.15, 0.2) is 6.54 Å². The van der Waals surface area contributed by atoms with Crippen LogP contribution in [0.3, 0.4) is 0 Å². The Labute approximate surface area is 144 Å². The van der Waals surface area contributed by atoms with Crippen LogP contribution in [0, 0.1) is 0 Å². The Bertz CT molecular complexity index is 662. The Hall–Kier alpha value is -1.26. The summed E-state index contributed by atoms with van der Waals surface area (Å²) < 4.78 is 0. The third-order valence-electron chi connectivity index (χ3n) is 3.27. The molecule has 0 aliphatic heterocycles. The van der Waals surface area contributed by atoms with Gasteiger partial charge in [-0.15, -0.1) is 0 Å². The van der Waals surface area contributed by atoms with E-state index in [-0.39, 0.29) is 18.5 Å². The number of amides is 1. The number of benzene rings is 2. The second-order valence-electron chi connectivity index (χ2n) is 4.93. The fourth-order valence-corrected chi connectivity index (χ4v) is 2.59. The van der Waals surface area contributed by atoms with E-state index < -0.39 is 0 Å². The summed E-state index contributed by atoms with van der Waals surface area (Å²) in [4.78, 5) is 12.0. The molecular formula is C16H16Cl3N2O+. The third-order valence-corrected chi connectivity index (χ3v) is 4.30. The van der Waals surface area contributed by atoms with Crippen LogP contribution in [-0.4, -0.2) is 12.5 Å². The van der Waals surface area contributed by atoms with Crippen molar-refractivity contribution in [1.82, 2.24) is 0 Å². The van der Waals surface area contributed by atoms with Crippen LogP contribution in [0.5, 0.6) is 0 Å². The summed E-state index contributed by atoms with van der Waals surface area (Å²) in [6, 6.07) is 13.3. The number of carbonyl (C=O) groups is 1. The molecule has 116 valence electrons. The fraction of sp³-hybridized carbons (Fsp3) is 0.188. The molecule has 3 nitrogen and oxygen atoms in total. The molecule has 0 fully saturated rings. The van der Waals surface area contributed by atoms with Crippen molar-refractivity contribution in [1.29, 1.82) is 0 Å². The lowest BCUT2D eigenvalue weighted by atomic mass is 10.1. The number of hydrogen-bond donors (Lipinski definition) is 2. The molecule has 2 aromatic rings. The molecule has 0 unspecified atom stereocenters. The van der Waals surface area contributed by atoms with Gasteiger partial charge in [0.1, 0.15) is 6.04 Å². The Morgan fingerprint density at radius 3 is 2.41 bits per heavy atom. The Balaban J connectivity index is 1.92. The van der Waals surface area contributed by atoms with Gasteiger partial charge >= 0.3 is 0 Å². The predicted molar refractivity (Wildman–Crippen MR) is 91.8 cm³/mol. The monoisotopic (exact) mass is 357 g/mol. The molecule has 0 saturated carbocycles. The quantitative estimate of drug-likeness (QED) is 0.782. The highest BCUT2D eigenvalue weighted by Gasteiger charge is 2.13. The second kappa shape index (κ2) is 7.84. The van der Waals surface area contributed by atoms with E-state index in [2.05, 4.69) is 12.2 Å². The first kappa shape index (κ1) is 17.1. The largest absolute Gasteiger partial charge is 0.333 e. The Morgan fingerprint density at radius 2 is 1.73 bits per heavy atom. The van der Waals surface area contributed by atoms with Gasteiger partial charge in [-0.1, -0.05) is 65.1 Å². The Kier molecular flexibility index (Phi) is 6.09. The number of hydrogen-bond acceptors (Lipinski definition) is 1. The summed E-state index contributed by atoms with van der Waals surface area (Å²) >= 11 is 17.8. The lowest BCUT2D eigenvalue weighted by Crippen LogP contribution is -2.86. The van der Waals surface area contributed by atoms with Gasteiger partial charge in [-0.25, -0.2) is 0 Å². The fourth-order valence-electron chi connectivity index (χ4n) is 2.00. The second-order valence-corrected chi connectivity index (χ2v) is 6.16. The summed E-state index contributed by atoms with van der Waals surface area (Å²) in [6.45, 7) is 2.33. The first-order valence-electron chi connectivity index (χ1n) is 6.80. The summed E-state index contributed by atoms with van der Waals surface area (Å²) in [7, 11) is 0. The number of nitrogens with one attached hydrogen (secondary N) is 1. The molecule has 3 N–H and O–H groups in total. The molecule has 0 bridgehead atoms. The molecule has 22 heavy (non-hydrogen) atoms. The molecule has 0 heterocycles. The molecular weight excluding hydrogens is 343 g/mol. The molecule has 0 aromatic heterocycles. The normalized spacial score (nSPS) is 12.0. The van der Waals surface area contributed by atoms with Crippen LogP contribution in [0.4, 0.5) is 5.69 Å². The van der Waals surface area contributed by atoms with Crippen LogP contribution in [-0.2, 0) is 4.79 Å². The molecule has 0 spiro atoms. The van der Waals surface area contributed by atoms with E-state index in [0.29, 0.717) is 20.8 Å². The molecule has 2 rings (SSSR count). The van der Waals surface area contributed by atoms with Crippen LogP contribution in [0.15, 0.2) is 42.5 Å². The first-order valence-corrected chi connectivity index (χ1v) is 7.93. The number of halogens is 3. The van der Waals surface area contributed by atoms with Gasteiger partial charge in [0, 0.05) is 5.56 Å². The van der Waals surface area contributed by atoms with E-state index in [4.69, 9.17) is 34.8 Å². The third kappa shape index (κ3) is 4.62. The molecule has 1 atom stereocenters. The number of anilines is 1. The summed E-state index contributed by atoms with van der Waals surface area (Å²) in [5, 5.41) is 5.76. The maximum Gasteiger partial charge on any atom is 0.279 e. The minimum absolute atomic E-state index is 0.150. The van der Waals surface area contributed by atoms with Crippen LogP contribution in [0.25, 0.3) is 0 Å². The van der Waals surface area contributed by atoms with Gasteiger partial charge in [0.05, 0.1) is 20.8 Å². The van der Waals surface area contributed by atoms with Crippen molar-refractivity contribution in [3.05, 3.63) is 63.1 Å². The predicted octanol–water partition coefficient (Wildman–Crippen LogP) is 3.91. The van der Waals surface area contributed by atoms with Crippen molar-refractivity contribution in [3.8, 4) is 0 Å². The molecule has 1 amide bonds. The van der Waals surface area contributed by atoms with Gasteiger partial charge < -0.3 is 10.6 Å². The van der Waals surface area contributed by atoms with E-state index >= 15 is 0 Å². The van der Waals surface area contributed by atoms with Gasteiger partial charge in [-0.2, -0.15) is 0 Å². The lowest BCUT2D eigenvalue weighted by molar-refractivity contribution is -0.682. The summed E-state index contributed by atoms with van der Waals surface area (Å²) in [5.41, 5.74) is 1.63. The minimum Gasteiger partial charge on any atom is -0.333 e. The number of nitrogens with two attached hydrogens (primary N) is 1. The van der Waals surface area contributed by atoms with E-state index in [1.165, 1.54) is 11.6 Å². The highest BCUT2D eigenvalue weighted by atomic mass is 35.5. The van der Waals surface area contributed by atoms with Gasteiger partial charge in [0.2, 0.25) is 0 Å². The standard InChI is InChI=1S/C16H15Cl3N2O/c1-10(11-5-3-2-4-6-11)20-9-16(22)21-15-8-13(18)12(17)7-14(15)19/h2-8,10,20H,9H2,1H3,(H,21,22)/p+1/t10-/m1/s1. The number of carbonyl (C=O) groups excluding carboxylic acids is 1. The van der Waals surface area contributed by atoms with Crippen molar-refractivity contribution >= 4 is 46.4 Å². The van der Waals surface area contributed by atoms with E-state index in [1.54, 1.807) is 6.07 Å². The molecule has 0 aliphatic carbocycles. The zero-order chi connectivity index (χ0) is 16.1. The highest BCUT2D eigenvalue weighted by molar-refractivity contribution is 6.44. The van der Waals surface area contributed by atoms with Gasteiger partial charge in [-0.3, -0.25) is 4.79 Å². The SMILES string of the molecule is C[C@@H]([NH2+]CC(=O)Nc1cc(Cl)c(Cl)cc1Cl)c1ccccc1. The maximum atomic E-state index is 12.0. The zero-order valence-electron chi connectivity index (χ0n) is 11.9. The number of rotatable bonds is 5. The van der Waals surface area contributed by atoms with Crippen LogP contribution < -0.4 is 10.6 Å². The van der Waals surface area contributed by atoms with Gasteiger partial charge in [-0.05, 0) is 19.1 Å². The molecule has 2 aromatic carbocycles. The summed E-state index contributed by atoms with van der Waals surface area (Å²) in [6.07, 6.45) is 0. The topological polar surface area (TPSA) is 45.7 Å². The zero-order valence-corrected chi connectivity index (χ0v) is 14.2. The van der Waals surface area contributed by atoms with Gasteiger partial charge in [0.25, 0.3) is 5.91 Å². The van der Waals surface area contributed by atoms with Crippen LogP contribution >= 0.6 is 34.8 Å². The average Bonchev–Trinajstić information content (AvgIpc) is 2.51. The summed E-state index contributed by atoms with van der Waals surface area (Å²) in [5.74, 6) is -0.150. The van der Waals surface area contributed by atoms with Crippen LogP contribution in [0.1, 0.15) is 18.5 Å². The van der Waals surface area contributed by atoms with Crippen molar-refractivity contribution in [2.24, 2.45) is 0 Å². The van der Waals surface area contributed by atoms with E-state index in [9.17, 15) is 4.79 Å².